The Bertz CT molecular complexity index is 88.2. The Morgan fingerprint density at radius 3 is 2.00 bits per heavy atom. The molecule has 68 valence electrons. The largest absolute Gasteiger partial charge is 0.415 e. The Hall–Kier alpha value is 1.64. The van der Waals surface area contributed by atoms with Gasteiger partial charge < -0.3 is 4.43 Å². The van der Waals surface area contributed by atoms with Gasteiger partial charge in [0.15, 0.2) is 0 Å². The summed E-state index contributed by atoms with van der Waals surface area (Å²) in [7, 11) is -1.27. The lowest BCUT2D eigenvalue weighted by Crippen LogP contribution is -2.42. The second-order valence-corrected chi connectivity index (χ2v) is 11.1. The van der Waals surface area contributed by atoms with Crippen LogP contribution >= 0.6 is 45.2 Å². The number of hydrogen-bond acceptors (Lipinski definition) is 1. The summed E-state index contributed by atoms with van der Waals surface area (Å²) in [5, 5.41) is 0. The number of halogens is 2. The van der Waals surface area contributed by atoms with Crippen LogP contribution < -0.4 is 0 Å². The summed E-state index contributed by atoms with van der Waals surface area (Å²) in [6.45, 7) is 5.40. The highest BCUT2D eigenvalue weighted by atomic mass is 127. The topological polar surface area (TPSA) is 9.23 Å². The van der Waals surface area contributed by atoms with Gasteiger partial charge in [0, 0.05) is 14.7 Å². The maximum atomic E-state index is 5.95. The Balaban J connectivity index is 3.84. The van der Waals surface area contributed by atoms with E-state index < -0.39 is 8.32 Å². The molecule has 0 fully saturated rings. The third-order valence-corrected chi connectivity index (χ3v) is 13.2. The van der Waals surface area contributed by atoms with Crippen molar-refractivity contribution in [2.75, 3.05) is 14.7 Å². The molecule has 0 aliphatic rings. The van der Waals surface area contributed by atoms with Gasteiger partial charge in [0.25, 0.3) is 0 Å². The number of rotatable bonds is 6. The van der Waals surface area contributed by atoms with Crippen LogP contribution in [0.3, 0.4) is 0 Å². The molecule has 0 atom stereocenters. The monoisotopic (exact) mass is 398 g/mol. The molecule has 0 aromatic carbocycles. The minimum Gasteiger partial charge on any atom is -0.415 e. The number of hydrogen-bond donors (Lipinski definition) is 0. The molecule has 0 aromatic rings. The normalized spacial score (nSPS) is 12.0. The van der Waals surface area contributed by atoms with Gasteiger partial charge in [-0.3, -0.25) is 0 Å². The molecule has 0 unspecified atom stereocenters. The molecule has 0 spiro atoms. The van der Waals surface area contributed by atoms with Crippen LogP contribution in [-0.2, 0) is 4.43 Å². The first-order chi connectivity index (χ1) is 5.24. The fourth-order valence-electron chi connectivity index (χ4n) is 0.722. The minimum atomic E-state index is -1.27. The zero-order valence-corrected chi connectivity index (χ0v) is 12.5. The summed E-state index contributed by atoms with van der Waals surface area (Å²) in [6.07, 6.45) is 1.15. The zero-order chi connectivity index (χ0) is 8.74. The van der Waals surface area contributed by atoms with Crippen LogP contribution in [-0.4, -0.2) is 23.0 Å². The van der Waals surface area contributed by atoms with Crippen LogP contribution in [0.5, 0.6) is 0 Å². The Morgan fingerprint density at radius 1 is 1.18 bits per heavy atom. The number of alkyl halides is 2. The summed E-state index contributed by atoms with van der Waals surface area (Å²) in [6, 6.07) is 1.26. The Kier molecular flexibility index (Phi) is 8.13. The van der Waals surface area contributed by atoms with Crippen molar-refractivity contribution < 1.29 is 4.43 Å². The van der Waals surface area contributed by atoms with Gasteiger partial charge >= 0.3 is 0 Å². The van der Waals surface area contributed by atoms with Crippen LogP contribution in [0.4, 0.5) is 0 Å². The molecular weight excluding hydrogens is 382 g/mol. The van der Waals surface area contributed by atoms with Gasteiger partial charge in [-0.2, -0.15) is 0 Å². The Morgan fingerprint density at radius 2 is 1.73 bits per heavy atom. The van der Waals surface area contributed by atoms with Crippen molar-refractivity contribution in [2.24, 2.45) is 0 Å². The fraction of sp³-hybridized carbons (Fsp3) is 1.00. The molecule has 0 radical (unpaired) electrons. The van der Waals surface area contributed by atoms with Crippen molar-refractivity contribution in [2.45, 2.75) is 26.3 Å². The lowest BCUT2D eigenvalue weighted by Gasteiger charge is -2.25. The quantitative estimate of drug-likeness (QED) is 0.379. The van der Waals surface area contributed by atoms with E-state index in [1.54, 1.807) is 0 Å². The van der Waals surface area contributed by atoms with Crippen LogP contribution in [0.1, 0.15) is 20.3 Å². The van der Waals surface area contributed by atoms with Crippen LogP contribution in [0.15, 0.2) is 0 Å². The van der Waals surface area contributed by atoms with Crippen molar-refractivity contribution in [3.05, 3.63) is 0 Å². The van der Waals surface area contributed by atoms with Crippen molar-refractivity contribution >= 4 is 53.5 Å². The molecule has 0 N–H and O–H groups in total. The molecular formula is C7H16I2OSi. The average molecular weight is 398 g/mol. The molecule has 0 amide bonds. The molecule has 0 heterocycles. The molecule has 0 saturated carbocycles. The highest BCUT2D eigenvalue weighted by Crippen LogP contribution is 2.17. The third kappa shape index (κ3) is 4.42. The summed E-state index contributed by atoms with van der Waals surface area (Å²) in [4.78, 5) is 0. The van der Waals surface area contributed by atoms with E-state index in [9.17, 15) is 0 Å². The van der Waals surface area contributed by atoms with Crippen LogP contribution in [0, 0.1) is 0 Å². The molecule has 0 aromatic heterocycles. The van der Waals surface area contributed by atoms with E-state index in [0.717, 1.165) is 13.0 Å². The summed E-state index contributed by atoms with van der Waals surface area (Å²) >= 11 is 4.95. The van der Waals surface area contributed by atoms with Gasteiger partial charge in [-0.25, -0.2) is 0 Å². The molecule has 0 aliphatic heterocycles. The van der Waals surface area contributed by atoms with E-state index in [2.05, 4.69) is 59.0 Å². The average Bonchev–Trinajstić information content (AvgIpc) is 2.08. The highest BCUT2D eigenvalue weighted by Gasteiger charge is 2.29. The fourth-order valence-corrected chi connectivity index (χ4v) is 11.4. The lowest BCUT2D eigenvalue weighted by atomic mass is 10.5. The van der Waals surface area contributed by atoms with Crippen molar-refractivity contribution in [3.8, 4) is 0 Å². The smallest absolute Gasteiger partial charge is 0.211 e. The molecule has 0 aliphatic carbocycles. The first-order valence-corrected chi connectivity index (χ1v) is 9.58. The van der Waals surface area contributed by atoms with E-state index in [1.807, 2.05) is 0 Å². The van der Waals surface area contributed by atoms with E-state index in [0.29, 0.717) is 0 Å². The van der Waals surface area contributed by atoms with Crippen molar-refractivity contribution in [1.82, 2.24) is 0 Å². The lowest BCUT2D eigenvalue weighted by molar-refractivity contribution is 0.307. The maximum absolute atomic E-state index is 5.95. The van der Waals surface area contributed by atoms with Crippen molar-refractivity contribution in [1.29, 1.82) is 0 Å². The summed E-state index contributed by atoms with van der Waals surface area (Å²) in [5.74, 6) is 0. The van der Waals surface area contributed by atoms with E-state index in [4.69, 9.17) is 4.43 Å². The van der Waals surface area contributed by atoms with Gasteiger partial charge in [-0.05, 0) is 12.5 Å². The van der Waals surface area contributed by atoms with Crippen LogP contribution in [0.25, 0.3) is 0 Å². The van der Waals surface area contributed by atoms with E-state index >= 15 is 0 Å². The second-order valence-electron chi connectivity index (χ2n) is 2.65. The Labute approximate surface area is 98.1 Å². The van der Waals surface area contributed by atoms with Gasteiger partial charge in [0.1, 0.15) is 0 Å². The SMILES string of the molecule is CCCO[Si](CC)(CI)CI. The van der Waals surface area contributed by atoms with Gasteiger partial charge in [0.05, 0.1) is 0 Å². The zero-order valence-electron chi connectivity index (χ0n) is 7.20. The van der Waals surface area contributed by atoms with Gasteiger partial charge in [-0.1, -0.05) is 59.0 Å². The second kappa shape index (κ2) is 7.08. The first kappa shape index (κ1) is 12.6. The highest BCUT2D eigenvalue weighted by molar-refractivity contribution is 14.1. The molecule has 0 saturated heterocycles. The predicted molar refractivity (Wildman–Crippen MR) is 70.3 cm³/mol. The molecule has 0 rings (SSSR count). The summed E-state index contributed by atoms with van der Waals surface area (Å²) < 4.78 is 8.43. The van der Waals surface area contributed by atoms with Gasteiger partial charge in [0.2, 0.25) is 8.32 Å². The molecule has 1 nitrogen and oxygen atoms in total. The van der Waals surface area contributed by atoms with Crippen LogP contribution in [0.2, 0.25) is 6.04 Å². The minimum absolute atomic E-state index is 0.964. The first-order valence-electron chi connectivity index (χ1n) is 4.00. The van der Waals surface area contributed by atoms with E-state index in [-0.39, 0.29) is 0 Å². The summed E-state index contributed by atoms with van der Waals surface area (Å²) in [5.41, 5.74) is 0. The predicted octanol–water partition coefficient (Wildman–Crippen LogP) is 3.33. The third-order valence-electron chi connectivity index (χ3n) is 1.74. The molecule has 4 heteroatoms. The van der Waals surface area contributed by atoms with Crippen molar-refractivity contribution in [3.63, 3.8) is 0 Å². The van der Waals surface area contributed by atoms with Gasteiger partial charge in [-0.15, -0.1) is 0 Å². The molecule has 11 heavy (non-hydrogen) atoms. The standard InChI is InChI=1S/C7H16I2OSi/c1-3-5-10-11(4-2,6-8)7-9/h3-7H2,1-2H3. The van der Waals surface area contributed by atoms with E-state index in [1.165, 1.54) is 14.1 Å². The molecule has 0 bridgehead atoms. The maximum Gasteiger partial charge on any atom is 0.211 e.